The zero-order chi connectivity index (χ0) is 22.6. The third-order valence-electron chi connectivity index (χ3n) is 6.62. The van der Waals surface area contributed by atoms with E-state index in [-0.39, 0.29) is 19.1 Å². The van der Waals surface area contributed by atoms with Crippen LogP contribution in [-0.4, -0.2) is 42.9 Å². The minimum atomic E-state index is -1.41. The van der Waals surface area contributed by atoms with Gasteiger partial charge in [0.25, 0.3) is 5.91 Å². The van der Waals surface area contributed by atoms with Crippen LogP contribution in [0.15, 0.2) is 54.6 Å². The zero-order valence-corrected chi connectivity index (χ0v) is 17.8. The average molecular weight is 433 g/mol. The summed E-state index contributed by atoms with van der Waals surface area (Å²) in [5.41, 5.74) is 0.221. The van der Waals surface area contributed by atoms with Crippen molar-refractivity contribution in [2.75, 3.05) is 23.0 Å². The Kier molecular flexibility index (Phi) is 4.63. The van der Waals surface area contributed by atoms with E-state index in [9.17, 15) is 19.2 Å². The van der Waals surface area contributed by atoms with E-state index in [2.05, 4.69) is 5.32 Å². The van der Waals surface area contributed by atoms with Crippen LogP contribution in [0.25, 0.3) is 0 Å². The van der Waals surface area contributed by atoms with E-state index >= 15 is 0 Å². The van der Waals surface area contributed by atoms with Crippen molar-refractivity contribution in [3.05, 3.63) is 60.2 Å². The van der Waals surface area contributed by atoms with Gasteiger partial charge in [-0.3, -0.25) is 29.4 Å². The van der Waals surface area contributed by atoms with Crippen LogP contribution < -0.4 is 15.1 Å². The molecule has 5 rings (SSSR count). The molecule has 2 aromatic rings. The molecule has 2 fully saturated rings. The number of rotatable bonds is 4. The van der Waals surface area contributed by atoms with E-state index in [1.54, 1.807) is 55.5 Å². The second-order valence-corrected chi connectivity index (χ2v) is 8.31. The topological polar surface area (TPSA) is 96.0 Å². The Morgan fingerprint density at radius 2 is 1.72 bits per heavy atom. The number of hydrogen-bond acceptors (Lipinski definition) is 6. The number of nitrogens with zero attached hydrogens (tertiary/aromatic N) is 2. The monoisotopic (exact) mass is 433 g/mol. The van der Waals surface area contributed by atoms with Gasteiger partial charge in [0.05, 0.1) is 24.1 Å². The lowest BCUT2D eigenvalue weighted by Crippen LogP contribution is -2.55. The summed E-state index contributed by atoms with van der Waals surface area (Å²) in [6.45, 7) is 3.46. The molecule has 3 heterocycles. The first-order valence-electron chi connectivity index (χ1n) is 10.7. The second kappa shape index (κ2) is 7.27. The Bertz CT molecular complexity index is 1130. The summed E-state index contributed by atoms with van der Waals surface area (Å²) in [5.74, 6) is -3.29. The molecular formula is C24H23N3O5. The van der Waals surface area contributed by atoms with Gasteiger partial charge >= 0.3 is 5.97 Å². The van der Waals surface area contributed by atoms with Gasteiger partial charge in [-0.2, -0.15) is 0 Å². The second-order valence-electron chi connectivity index (χ2n) is 8.31. The number of fused-ring (bicyclic) bond motifs is 4. The highest BCUT2D eigenvalue weighted by Gasteiger charge is 2.71. The molecule has 8 nitrogen and oxygen atoms in total. The Balaban J connectivity index is 1.62. The first-order chi connectivity index (χ1) is 15.4. The zero-order valence-electron chi connectivity index (χ0n) is 17.8. The number of esters is 1. The molecule has 0 unspecified atom stereocenters. The van der Waals surface area contributed by atoms with Crippen molar-refractivity contribution >= 4 is 35.1 Å². The Morgan fingerprint density at radius 3 is 2.44 bits per heavy atom. The first kappa shape index (κ1) is 20.4. The minimum Gasteiger partial charge on any atom is -0.465 e. The largest absolute Gasteiger partial charge is 0.465 e. The summed E-state index contributed by atoms with van der Waals surface area (Å²) in [7, 11) is 0. The molecule has 1 spiro atoms. The third-order valence-corrected chi connectivity index (χ3v) is 6.62. The quantitative estimate of drug-likeness (QED) is 0.581. The smallest absolute Gasteiger partial charge is 0.326 e. The van der Waals surface area contributed by atoms with E-state index in [0.29, 0.717) is 16.9 Å². The number of amides is 3. The van der Waals surface area contributed by atoms with Crippen molar-refractivity contribution in [3.63, 3.8) is 0 Å². The summed E-state index contributed by atoms with van der Waals surface area (Å²) in [5, 5.41) is 3.29. The summed E-state index contributed by atoms with van der Waals surface area (Å²) in [4.78, 5) is 55.7. The summed E-state index contributed by atoms with van der Waals surface area (Å²) >= 11 is 0. The van der Waals surface area contributed by atoms with Gasteiger partial charge in [-0.15, -0.1) is 0 Å². The predicted octanol–water partition coefficient (Wildman–Crippen LogP) is 1.59. The normalized spacial score (nSPS) is 28.4. The molecule has 2 saturated heterocycles. The Labute approximate surface area is 185 Å². The van der Waals surface area contributed by atoms with E-state index in [1.165, 1.54) is 9.80 Å². The standard InChI is InChI=1S/C24H23N3O5/c1-3-32-18(28)13-26-17-12-8-7-11-16(17)24(23(26)31)20-19(14(2)25-24)21(29)27(22(20)30)15-9-5-4-6-10-15/h4-12,14,19-20,25H,3,13H2,1-2H3/t14-,19-,20-,24+/m1/s1. The van der Waals surface area contributed by atoms with Crippen LogP contribution in [0.3, 0.4) is 0 Å². The van der Waals surface area contributed by atoms with Crippen molar-refractivity contribution < 1.29 is 23.9 Å². The van der Waals surface area contributed by atoms with E-state index in [0.717, 1.165) is 0 Å². The maximum absolute atomic E-state index is 13.9. The number of benzene rings is 2. The molecule has 164 valence electrons. The lowest BCUT2D eigenvalue weighted by atomic mass is 9.76. The number of imide groups is 1. The Hall–Kier alpha value is -3.52. The molecule has 1 N–H and O–H groups in total. The number of hydrogen-bond donors (Lipinski definition) is 1. The van der Waals surface area contributed by atoms with E-state index < -0.39 is 41.2 Å². The van der Waals surface area contributed by atoms with Gasteiger partial charge in [-0.25, -0.2) is 4.90 Å². The number of para-hydroxylation sites is 2. The molecule has 32 heavy (non-hydrogen) atoms. The van der Waals surface area contributed by atoms with Gasteiger partial charge in [0, 0.05) is 17.3 Å². The summed E-state index contributed by atoms with van der Waals surface area (Å²) in [6.07, 6.45) is 0. The molecule has 3 aliphatic rings. The lowest BCUT2D eigenvalue weighted by Gasteiger charge is -2.30. The number of ether oxygens (including phenoxy) is 1. The van der Waals surface area contributed by atoms with E-state index in [1.807, 2.05) is 13.0 Å². The van der Waals surface area contributed by atoms with Gasteiger partial charge in [-0.1, -0.05) is 36.4 Å². The fourth-order valence-corrected chi connectivity index (χ4v) is 5.43. The number of anilines is 2. The number of nitrogens with one attached hydrogen (secondary N) is 1. The molecular weight excluding hydrogens is 410 g/mol. The Morgan fingerprint density at radius 1 is 1.03 bits per heavy atom. The van der Waals surface area contributed by atoms with Crippen molar-refractivity contribution in [1.82, 2.24) is 5.32 Å². The molecule has 8 heteroatoms. The predicted molar refractivity (Wildman–Crippen MR) is 116 cm³/mol. The number of carbonyl (C=O) groups excluding carboxylic acids is 4. The van der Waals surface area contributed by atoms with Crippen LogP contribution in [-0.2, 0) is 29.5 Å². The third kappa shape index (κ3) is 2.59. The lowest BCUT2D eigenvalue weighted by molar-refractivity contribution is -0.142. The van der Waals surface area contributed by atoms with Gasteiger partial charge in [-0.05, 0) is 32.0 Å². The summed E-state index contributed by atoms with van der Waals surface area (Å²) in [6, 6.07) is 15.4. The summed E-state index contributed by atoms with van der Waals surface area (Å²) < 4.78 is 5.06. The van der Waals surface area contributed by atoms with Crippen LogP contribution in [0.1, 0.15) is 19.4 Å². The molecule has 0 aromatic heterocycles. The van der Waals surface area contributed by atoms with Gasteiger partial charge in [0.2, 0.25) is 11.8 Å². The van der Waals surface area contributed by atoms with Gasteiger partial charge in [0.15, 0.2) is 0 Å². The average Bonchev–Trinajstić information content (AvgIpc) is 3.33. The highest BCUT2D eigenvalue weighted by molar-refractivity contribution is 6.26. The fraction of sp³-hybridized carbons (Fsp3) is 0.333. The van der Waals surface area contributed by atoms with Crippen LogP contribution in [0, 0.1) is 11.8 Å². The highest BCUT2D eigenvalue weighted by atomic mass is 16.5. The molecule has 2 aromatic carbocycles. The van der Waals surface area contributed by atoms with Crippen LogP contribution >= 0.6 is 0 Å². The SMILES string of the molecule is CCOC(=O)CN1C(=O)[C@]2(N[C@H](C)[C@H]3C(=O)N(c4ccccc4)C(=O)[C@@H]32)c2ccccc21. The molecule has 4 atom stereocenters. The first-order valence-corrected chi connectivity index (χ1v) is 10.7. The molecule has 0 aliphatic carbocycles. The van der Waals surface area contributed by atoms with Crippen molar-refractivity contribution in [2.45, 2.75) is 25.4 Å². The molecule has 0 radical (unpaired) electrons. The van der Waals surface area contributed by atoms with Crippen LogP contribution in [0.2, 0.25) is 0 Å². The van der Waals surface area contributed by atoms with Crippen molar-refractivity contribution in [2.24, 2.45) is 11.8 Å². The maximum Gasteiger partial charge on any atom is 0.326 e. The molecule has 0 bridgehead atoms. The van der Waals surface area contributed by atoms with Gasteiger partial charge < -0.3 is 4.74 Å². The van der Waals surface area contributed by atoms with Crippen molar-refractivity contribution in [1.29, 1.82) is 0 Å². The number of carbonyl (C=O) groups is 4. The fourth-order valence-electron chi connectivity index (χ4n) is 5.43. The van der Waals surface area contributed by atoms with Crippen molar-refractivity contribution in [3.8, 4) is 0 Å². The minimum absolute atomic E-state index is 0.201. The molecule has 3 aliphatic heterocycles. The molecule has 3 amide bonds. The van der Waals surface area contributed by atoms with Crippen LogP contribution in [0.4, 0.5) is 11.4 Å². The maximum atomic E-state index is 13.9. The van der Waals surface area contributed by atoms with Gasteiger partial charge in [0.1, 0.15) is 12.1 Å². The van der Waals surface area contributed by atoms with Crippen LogP contribution in [0.5, 0.6) is 0 Å². The molecule has 0 saturated carbocycles. The van der Waals surface area contributed by atoms with E-state index in [4.69, 9.17) is 4.74 Å². The highest BCUT2D eigenvalue weighted by Crippen LogP contribution is 2.54.